The van der Waals surface area contributed by atoms with Gasteiger partial charge in [-0.25, -0.2) is 0 Å². The number of carbonyl (C=O) groups excluding carboxylic acids is 1. The van der Waals surface area contributed by atoms with Crippen LogP contribution in [0, 0.1) is 0 Å². The van der Waals surface area contributed by atoms with Gasteiger partial charge in [-0.3, -0.25) is 4.79 Å². The van der Waals surface area contributed by atoms with E-state index in [0.717, 1.165) is 24.2 Å². The second-order valence-electron chi connectivity index (χ2n) is 6.28. The van der Waals surface area contributed by atoms with E-state index in [1.165, 1.54) is 15.6 Å². The summed E-state index contributed by atoms with van der Waals surface area (Å²) in [4.78, 5) is 12.2. The summed E-state index contributed by atoms with van der Waals surface area (Å²) in [6.07, 6.45) is 2.10. The molecule has 0 fully saturated rings. The van der Waals surface area contributed by atoms with Gasteiger partial charge >= 0.3 is 0 Å². The van der Waals surface area contributed by atoms with Crippen LogP contribution in [0.15, 0.2) is 53.9 Å². The van der Waals surface area contributed by atoms with Crippen LogP contribution in [0.4, 0.5) is 0 Å². The average molecular weight is 353 g/mol. The van der Waals surface area contributed by atoms with Crippen LogP contribution in [0.1, 0.15) is 24.5 Å². The molecule has 0 bridgehead atoms. The molecule has 0 aliphatic rings. The molecule has 0 saturated carbocycles. The number of carbonyl (C=O) groups is 1. The lowest BCUT2D eigenvalue weighted by Gasteiger charge is -2.13. The van der Waals surface area contributed by atoms with Gasteiger partial charge in [0.2, 0.25) is 5.91 Å². The van der Waals surface area contributed by atoms with Crippen molar-refractivity contribution < 1.29 is 9.53 Å². The Morgan fingerprint density at radius 2 is 1.92 bits per heavy atom. The number of benzene rings is 2. The number of fused-ring (bicyclic) bond motifs is 1. The van der Waals surface area contributed by atoms with E-state index in [1.54, 1.807) is 18.4 Å². The lowest BCUT2D eigenvalue weighted by atomic mass is 10.1. The third-order valence-electron chi connectivity index (χ3n) is 4.29. The van der Waals surface area contributed by atoms with Gasteiger partial charge in [0.1, 0.15) is 5.75 Å². The second-order valence-corrected chi connectivity index (χ2v) is 7.19. The summed E-state index contributed by atoms with van der Waals surface area (Å²) in [5, 5.41) is 6.61. The molecule has 25 heavy (non-hydrogen) atoms. The largest absolute Gasteiger partial charge is 0.497 e. The summed E-state index contributed by atoms with van der Waals surface area (Å²) < 4.78 is 6.45. The smallest absolute Gasteiger partial charge is 0.220 e. The van der Waals surface area contributed by atoms with Gasteiger partial charge in [0.15, 0.2) is 0 Å². The SMILES string of the molecule is COc1ccc(CCC(=O)N[C@H](C)Cc2csc3ccccc23)cc1. The van der Waals surface area contributed by atoms with Crippen molar-refractivity contribution in [2.24, 2.45) is 0 Å². The van der Waals surface area contributed by atoms with E-state index in [2.05, 4.69) is 41.9 Å². The van der Waals surface area contributed by atoms with Crippen molar-refractivity contribution >= 4 is 27.3 Å². The highest BCUT2D eigenvalue weighted by Gasteiger charge is 2.11. The van der Waals surface area contributed by atoms with Crippen LogP contribution in [0.5, 0.6) is 5.75 Å². The Morgan fingerprint density at radius 3 is 2.68 bits per heavy atom. The molecular formula is C21H23NO2S. The first-order valence-corrected chi connectivity index (χ1v) is 9.41. The third-order valence-corrected chi connectivity index (χ3v) is 5.31. The lowest BCUT2D eigenvalue weighted by molar-refractivity contribution is -0.121. The van der Waals surface area contributed by atoms with Crippen LogP contribution in [0.25, 0.3) is 10.1 Å². The van der Waals surface area contributed by atoms with E-state index < -0.39 is 0 Å². The molecule has 0 aliphatic carbocycles. The van der Waals surface area contributed by atoms with Crippen molar-refractivity contribution in [2.45, 2.75) is 32.2 Å². The van der Waals surface area contributed by atoms with Crippen molar-refractivity contribution in [2.75, 3.05) is 7.11 Å². The Bertz CT molecular complexity index is 838. The normalized spacial score (nSPS) is 12.1. The van der Waals surface area contributed by atoms with E-state index in [1.807, 2.05) is 24.3 Å². The van der Waals surface area contributed by atoms with Crippen LogP contribution in [0.2, 0.25) is 0 Å². The van der Waals surface area contributed by atoms with E-state index in [9.17, 15) is 4.79 Å². The summed E-state index contributed by atoms with van der Waals surface area (Å²) in [5.74, 6) is 0.938. The maximum atomic E-state index is 12.2. The fourth-order valence-electron chi connectivity index (χ4n) is 2.97. The predicted molar refractivity (Wildman–Crippen MR) is 104 cm³/mol. The molecular weight excluding hydrogens is 330 g/mol. The van der Waals surface area contributed by atoms with Gasteiger partial charge in [-0.05, 0) is 59.9 Å². The molecule has 1 amide bonds. The first-order valence-electron chi connectivity index (χ1n) is 8.53. The number of hydrogen-bond acceptors (Lipinski definition) is 3. The average Bonchev–Trinajstić information content (AvgIpc) is 3.03. The highest BCUT2D eigenvalue weighted by atomic mass is 32.1. The molecule has 1 heterocycles. The van der Waals surface area contributed by atoms with Crippen molar-refractivity contribution in [1.29, 1.82) is 0 Å². The van der Waals surface area contributed by atoms with Gasteiger partial charge in [-0.2, -0.15) is 0 Å². The number of thiophene rings is 1. The van der Waals surface area contributed by atoms with Crippen molar-refractivity contribution in [3.63, 3.8) is 0 Å². The fraction of sp³-hybridized carbons (Fsp3) is 0.286. The van der Waals surface area contributed by atoms with E-state index in [0.29, 0.717) is 6.42 Å². The number of rotatable bonds is 7. The summed E-state index contributed by atoms with van der Waals surface area (Å²) in [6.45, 7) is 2.07. The van der Waals surface area contributed by atoms with Crippen LogP contribution >= 0.6 is 11.3 Å². The molecule has 3 aromatic rings. The molecule has 1 atom stereocenters. The zero-order valence-electron chi connectivity index (χ0n) is 14.6. The Hall–Kier alpha value is -2.33. The van der Waals surface area contributed by atoms with Crippen LogP contribution in [0.3, 0.4) is 0 Å². The Kier molecular flexibility index (Phi) is 5.71. The van der Waals surface area contributed by atoms with Crippen molar-refractivity contribution in [3.8, 4) is 5.75 Å². The minimum absolute atomic E-state index is 0.0999. The van der Waals surface area contributed by atoms with Crippen molar-refractivity contribution in [1.82, 2.24) is 5.32 Å². The minimum Gasteiger partial charge on any atom is -0.497 e. The molecule has 0 radical (unpaired) electrons. The quantitative estimate of drug-likeness (QED) is 0.675. The highest BCUT2D eigenvalue weighted by Crippen LogP contribution is 2.26. The molecule has 0 aliphatic heterocycles. The monoisotopic (exact) mass is 353 g/mol. The maximum absolute atomic E-state index is 12.2. The van der Waals surface area contributed by atoms with E-state index in [4.69, 9.17) is 4.74 Å². The maximum Gasteiger partial charge on any atom is 0.220 e. The predicted octanol–water partition coefficient (Wildman–Crippen LogP) is 4.59. The molecule has 3 nitrogen and oxygen atoms in total. The Morgan fingerprint density at radius 1 is 1.16 bits per heavy atom. The molecule has 2 aromatic carbocycles. The first-order chi connectivity index (χ1) is 12.2. The second kappa shape index (κ2) is 8.17. The van der Waals surface area contributed by atoms with Gasteiger partial charge in [0, 0.05) is 17.2 Å². The van der Waals surface area contributed by atoms with Gasteiger partial charge in [0.05, 0.1) is 7.11 Å². The van der Waals surface area contributed by atoms with Gasteiger partial charge < -0.3 is 10.1 Å². The first kappa shape index (κ1) is 17.5. The van der Waals surface area contributed by atoms with Crippen LogP contribution < -0.4 is 10.1 Å². The van der Waals surface area contributed by atoms with E-state index in [-0.39, 0.29) is 11.9 Å². The Balaban J connectivity index is 1.50. The number of hydrogen-bond donors (Lipinski definition) is 1. The third kappa shape index (κ3) is 4.60. The standard InChI is InChI=1S/C21H23NO2S/c1-15(13-17-14-25-20-6-4-3-5-19(17)20)22-21(23)12-9-16-7-10-18(24-2)11-8-16/h3-8,10-11,14-15H,9,12-13H2,1-2H3,(H,22,23)/t15-/m1/s1. The number of amides is 1. The molecule has 4 heteroatoms. The summed E-state index contributed by atoms with van der Waals surface area (Å²) >= 11 is 1.76. The summed E-state index contributed by atoms with van der Waals surface area (Å²) in [7, 11) is 1.65. The molecule has 3 rings (SSSR count). The topological polar surface area (TPSA) is 38.3 Å². The fourth-order valence-corrected chi connectivity index (χ4v) is 3.94. The minimum atomic E-state index is 0.0999. The van der Waals surface area contributed by atoms with E-state index >= 15 is 0 Å². The zero-order chi connectivity index (χ0) is 17.6. The van der Waals surface area contributed by atoms with Gasteiger partial charge in [-0.1, -0.05) is 30.3 Å². The van der Waals surface area contributed by atoms with Crippen LogP contribution in [-0.2, 0) is 17.6 Å². The molecule has 1 aromatic heterocycles. The molecule has 1 N–H and O–H groups in total. The molecule has 0 spiro atoms. The lowest BCUT2D eigenvalue weighted by Crippen LogP contribution is -2.34. The summed E-state index contributed by atoms with van der Waals surface area (Å²) in [6, 6.07) is 16.4. The number of ether oxygens (including phenoxy) is 1. The number of aryl methyl sites for hydroxylation is 1. The van der Waals surface area contributed by atoms with Crippen molar-refractivity contribution in [3.05, 3.63) is 65.0 Å². The Labute approximate surface area is 152 Å². The summed E-state index contributed by atoms with van der Waals surface area (Å²) in [5.41, 5.74) is 2.45. The highest BCUT2D eigenvalue weighted by molar-refractivity contribution is 7.17. The van der Waals surface area contributed by atoms with Crippen LogP contribution in [-0.4, -0.2) is 19.1 Å². The zero-order valence-corrected chi connectivity index (χ0v) is 15.4. The number of methoxy groups -OCH3 is 1. The molecule has 0 unspecified atom stereocenters. The van der Waals surface area contributed by atoms with Gasteiger partial charge in [-0.15, -0.1) is 11.3 Å². The molecule has 130 valence electrons. The number of nitrogens with one attached hydrogen (secondary N) is 1. The van der Waals surface area contributed by atoms with Gasteiger partial charge in [0.25, 0.3) is 0 Å². The molecule has 0 saturated heterocycles.